The highest BCUT2D eigenvalue weighted by Crippen LogP contribution is 2.35. The van der Waals surface area contributed by atoms with E-state index in [0.29, 0.717) is 59.0 Å². The van der Waals surface area contributed by atoms with Gasteiger partial charge in [-0.05, 0) is 75.9 Å². The van der Waals surface area contributed by atoms with Crippen molar-refractivity contribution >= 4 is 11.8 Å². The second-order valence-electron chi connectivity index (χ2n) is 10.2. The fraction of sp³-hybridized carbons (Fsp3) is 0.355. The predicted molar refractivity (Wildman–Crippen MR) is 141 cm³/mol. The number of hydrogen-bond donors (Lipinski definition) is 0. The van der Waals surface area contributed by atoms with Crippen LogP contribution in [0.5, 0.6) is 5.75 Å². The first-order valence-electron chi connectivity index (χ1n) is 12.6. The van der Waals surface area contributed by atoms with E-state index < -0.39 is 17.9 Å². The van der Waals surface area contributed by atoms with Gasteiger partial charge >= 0.3 is 5.97 Å². The van der Waals surface area contributed by atoms with Gasteiger partial charge in [-0.3, -0.25) is 4.79 Å². The second-order valence-corrected chi connectivity index (χ2v) is 10.2. The van der Waals surface area contributed by atoms with E-state index in [0.717, 1.165) is 12.0 Å². The average molecular weight is 503 g/mol. The maximum absolute atomic E-state index is 14.2. The fourth-order valence-electron chi connectivity index (χ4n) is 4.41. The first-order chi connectivity index (χ1) is 17.6. The molecule has 3 aromatic carbocycles. The molecule has 1 aliphatic rings. The molecule has 37 heavy (non-hydrogen) atoms. The van der Waals surface area contributed by atoms with Gasteiger partial charge in [0, 0.05) is 11.1 Å². The average Bonchev–Trinajstić information content (AvgIpc) is 2.87. The second kappa shape index (κ2) is 11.3. The van der Waals surface area contributed by atoms with Gasteiger partial charge in [0.25, 0.3) is 0 Å². The topological polar surface area (TPSA) is 71.1 Å². The molecule has 1 fully saturated rings. The van der Waals surface area contributed by atoms with Crippen molar-refractivity contribution in [2.75, 3.05) is 13.2 Å². The van der Waals surface area contributed by atoms with Gasteiger partial charge < -0.3 is 18.9 Å². The Hall–Kier alpha value is -3.48. The van der Waals surface area contributed by atoms with Crippen LogP contribution in [0.15, 0.2) is 60.7 Å². The van der Waals surface area contributed by atoms with Crippen molar-refractivity contribution in [3.8, 4) is 5.75 Å². The van der Waals surface area contributed by atoms with E-state index in [1.54, 1.807) is 18.2 Å². The molecule has 3 aromatic rings. The molecule has 0 bridgehead atoms. The molecule has 1 saturated heterocycles. The molecule has 0 unspecified atom stereocenters. The summed E-state index contributed by atoms with van der Waals surface area (Å²) in [6.07, 6.45) is 0.142. The highest BCUT2D eigenvalue weighted by atomic mass is 16.7. The molecule has 0 spiro atoms. The van der Waals surface area contributed by atoms with E-state index >= 15 is 0 Å². The van der Waals surface area contributed by atoms with Crippen molar-refractivity contribution < 1.29 is 28.5 Å². The van der Waals surface area contributed by atoms with Gasteiger partial charge in [-0.1, -0.05) is 42.5 Å². The molecular formula is C31H34O6. The van der Waals surface area contributed by atoms with Crippen molar-refractivity contribution in [1.82, 2.24) is 0 Å². The number of ketones is 1. The van der Waals surface area contributed by atoms with Crippen LogP contribution >= 0.6 is 0 Å². The summed E-state index contributed by atoms with van der Waals surface area (Å²) in [7, 11) is 0. The predicted octanol–water partition coefficient (Wildman–Crippen LogP) is 6.50. The minimum Gasteiger partial charge on any atom is -0.488 e. The summed E-state index contributed by atoms with van der Waals surface area (Å²) in [5.41, 5.74) is 3.70. The van der Waals surface area contributed by atoms with E-state index in [4.69, 9.17) is 18.9 Å². The molecule has 0 aliphatic carbocycles. The minimum absolute atomic E-state index is 0.206. The van der Waals surface area contributed by atoms with Crippen molar-refractivity contribution in [2.24, 2.45) is 0 Å². The highest BCUT2D eigenvalue weighted by molar-refractivity contribution is 6.13. The number of esters is 1. The Morgan fingerprint density at radius 1 is 0.892 bits per heavy atom. The number of carbonyl (C=O) groups excluding carboxylic acids is 2. The highest BCUT2D eigenvalue weighted by Gasteiger charge is 2.29. The zero-order valence-electron chi connectivity index (χ0n) is 22.1. The Kier molecular flexibility index (Phi) is 8.10. The molecule has 194 valence electrons. The van der Waals surface area contributed by atoms with Gasteiger partial charge in [0.1, 0.15) is 18.0 Å². The normalized spacial score (nSPS) is 14.3. The Morgan fingerprint density at radius 3 is 2.16 bits per heavy atom. The molecule has 0 amide bonds. The SMILES string of the molecule is Cc1cc(C(=O)OC(C)(C)C)cc(C)c1C(=O)c1c(OCc2ccccc2)cccc1C1OCCCO1. The molecule has 6 heteroatoms. The summed E-state index contributed by atoms with van der Waals surface area (Å²) in [6, 6.07) is 18.7. The molecule has 1 aliphatic heterocycles. The summed E-state index contributed by atoms with van der Waals surface area (Å²) in [6.45, 7) is 10.5. The number of aryl methyl sites for hydroxylation is 2. The Morgan fingerprint density at radius 2 is 1.54 bits per heavy atom. The molecule has 6 nitrogen and oxygen atoms in total. The summed E-state index contributed by atoms with van der Waals surface area (Å²) in [5.74, 6) is -0.171. The quantitative estimate of drug-likeness (QED) is 0.271. The smallest absolute Gasteiger partial charge is 0.338 e. The first-order valence-corrected chi connectivity index (χ1v) is 12.6. The zero-order chi connectivity index (χ0) is 26.6. The van der Waals surface area contributed by atoms with Crippen LogP contribution in [0.4, 0.5) is 0 Å². The number of ether oxygens (including phenoxy) is 4. The maximum atomic E-state index is 14.2. The Labute approximate surface area is 218 Å². The van der Waals surface area contributed by atoms with E-state index in [9.17, 15) is 9.59 Å². The summed E-state index contributed by atoms with van der Waals surface area (Å²) >= 11 is 0. The van der Waals surface area contributed by atoms with Crippen LogP contribution in [-0.2, 0) is 20.8 Å². The van der Waals surface area contributed by atoms with E-state index in [2.05, 4.69) is 0 Å². The molecular weight excluding hydrogens is 468 g/mol. The zero-order valence-corrected chi connectivity index (χ0v) is 22.1. The molecule has 0 radical (unpaired) electrons. The fourth-order valence-corrected chi connectivity index (χ4v) is 4.41. The minimum atomic E-state index is -0.658. The van der Waals surface area contributed by atoms with Gasteiger partial charge in [-0.25, -0.2) is 4.79 Å². The van der Waals surface area contributed by atoms with E-state index in [1.807, 2.05) is 77.1 Å². The third-order valence-corrected chi connectivity index (χ3v) is 6.00. The van der Waals surface area contributed by atoms with E-state index in [1.165, 1.54) is 0 Å². The summed E-state index contributed by atoms with van der Waals surface area (Å²) < 4.78 is 23.5. The standard InChI is InChI=1S/C31H34O6/c1-20-17-23(29(33)37-31(3,4)5)18-21(2)26(20)28(32)27-24(30-34-15-10-16-35-30)13-9-14-25(27)36-19-22-11-7-6-8-12-22/h6-9,11-14,17-18,30H,10,15-16,19H2,1-5H3. The third kappa shape index (κ3) is 6.45. The molecule has 0 N–H and O–H groups in total. The van der Waals surface area contributed by atoms with Crippen LogP contribution < -0.4 is 4.74 Å². The van der Waals surface area contributed by atoms with Crippen molar-refractivity contribution in [3.63, 3.8) is 0 Å². The van der Waals surface area contributed by atoms with Crippen molar-refractivity contribution in [2.45, 2.75) is 59.5 Å². The van der Waals surface area contributed by atoms with Gasteiger partial charge in [0.15, 0.2) is 12.1 Å². The van der Waals surface area contributed by atoms with Crippen LogP contribution in [0.1, 0.15) is 82.0 Å². The van der Waals surface area contributed by atoms with Crippen LogP contribution in [0.25, 0.3) is 0 Å². The number of benzene rings is 3. The van der Waals surface area contributed by atoms with Crippen molar-refractivity contribution in [1.29, 1.82) is 0 Å². The Balaban J connectivity index is 1.74. The van der Waals surface area contributed by atoms with Gasteiger partial charge in [-0.2, -0.15) is 0 Å². The monoisotopic (exact) mass is 502 g/mol. The molecule has 0 saturated carbocycles. The van der Waals surface area contributed by atoms with Crippen molar-refractivity contribution in [3.05, 3.63) is 99.6 Å². The number of carbonyl (C=O) groups is 2. The molecule has 0 aromatic heterocycles. The van der Waals surface area contributed by atoms with Gasteiger partial charge in [0.05, 0.1) is 24.3 Å². The first kappa shape index (κ1) is 26.6. The van der Waals surface area contributed by atoms with E-state index in [-0.39, 0.29) is 5.78 Å². The summed E-state index contributed by atoms with van der Waals surface area (Å²) in [5, 5.41) is 0. The van der Waals surface area contributed by atoms with Crippen LogP contribution in [0.2, 0.25) is 0 Å². The lowest BCUT2D eigenvalue weighted by Crippen LogP contribution is -2.24. The molecule has 4 rings (SSSR count). The Bertz CT molecular complexity index is 1240. The lowest BCUT2D eigenvalue weighted by Gasteiger charge is -2.26. The van der Waals surface area contributed by atoms with Crippen LogP contribution in [0.3, 0.4) is 0 Å². The number of rotatable bonds is 7. The van der Waals surface area contributed by atoms with Gasteiger partial charge in [0.2, 0.25) is 0 Å². The third-order valence-electron chi connectivity index (χ3n) is 6.00. The van der Waals surface area contributed by atoms with Crippen LogP contribution in [0, 0.1) is 13.8 Å². The largest absolute Gasteiger partial charge is 0.488 e. The molecule has 1 heterocycles. The maximum Gasteiger partial charge on any atom is 0.338 e. The molecule has 0 atom stereocenters. The number of hydrogen-bond acceptors (Lipinski definition) is 6. The van der Waals surface area contributed by atoms with Crippen LogP contribution in [-0.4, -0.2) is 30.6 Å². The lowest BCUT2D eigenvalue weighted by atomic mass is 9.90. The van der Waals surface area contributed by atoms with Gasteiger partial charge in [-0.15, -0.1) is 0 Å². The summed E-state index contributed by atoms with van der Waals surface area (Å²) in [4.78, 5) is 26.9. The lowest BCUT2D eigenvalue weighted by molar-refractivity contribution is -0.183.